The fourth-order valence-corrected chi connectivity index (χ4v) is 3.83. The van der Waals surface area contributed by atoms with Crippen LogP contribution in [0.5, 0.6) is 0 Å². The van der Waals surface area contributed by atoms with Crippen LogP contribution in [0.25, 0.3) is 0 Å². The molecule has 2 rings (SSSR count). The van der Waals surface area contributed by atoms with Crippen LogP contribution in [-0.2, 0) is 16.4 Å². The number of nitro benzene ring substituents is 1. The van der Waals surface area contributed by atoms with Crippen molar-refractivity contribution in [1.29, 1.82) is 0 Å². The average Bonchev–Trinajstić information content (AvgIpc) is 2.98. The monoisotopic (exact) mass is 313 g/mol. The van der Waals surface area contributed by atoms with E-state index in [9.17, 15) is 18.5 Å². The fourth-order valence-electron chi connectivity index (χ4n) is 2.42. The predicted octanol–water partition coefficient (Wildman–Crippen LogP) is 1.19. The summed E-state index contributed by atoms with van der Waals surface area (Å²) in [6, 6.07) is 4.09. The number of hydrogen-bond donors (Lipinski definition) is 2. The first-order chi connectivity index (χ1) is 9.94. The van der Waals surface area contributed by atoms with Crippen LogP contribution in [0.4, 0.5) is 5.69 Å². The van der Waals surface area contributed by atoms with Crippen LogP contribution in [-0.4, -0.2) is 32.5 Å². The van der Waals surface area contributed by atoms with Crippen molar-refractivity contribution in [3.63, 3.8) is 0 Å². The second kappa shape index (κ2) is 6.50. The van der Waals surface area contributed by atoms with Gasteiger partial charge in [-0.1, -0.05) is 13.0 Å². The number of rotatable bonds is 6. The number of aryl methyl sites for hydroxylation is 1. The van der Waals surface area contributed by atoms with Crippen molar-refractivity contribution in [1.82, 2.24) is 10.0 Å². The highest BCUT2D eigenvalue weighted by Crippen LogP contribution is 2.22. The standard InChI is InChI=1S/C13H19N3O4S/c1-2-10-5-6-12(16(17)18)8-13(10)21(19,20)15-9-11-4-3-7-14-11/h5-6,8,11,14-15H,2-4,7,9H2,1H3. The first kappa shape index (κ1) is 15.9. The molecule has 0 radical (unpaired) electrons. The molecule has 1 aromatic carbocycles. The molecule has 0 saturated carbocycles. The molecule has 21 heavy (non-hydrogen) atoms. The minimum absolute atomic E-state index is 0.00260. The van der Waals surface area contributed by atoms with E-state index in [1.807, 2.05) is 6.92 Å². The van der Waals surface area contributed by atoms with Gasteiger partial charge in [0.25, 0.3) is 5.69 Å². The zero-order chi connectivity index (χ0) is 15.5. The normalized spacial score (nSPS) is 18.8. The van der Waals surface area contributed by atoms with E-state index in [0.29, 0.717) is 18.5 Å². The maximum Gasteiger partial charge on any atom is 0.270 e. The predicted molar refractivity (Wildman–Crippen MR) is 78.7 cm³/mol. The number of benzene rings is 1. The van der Waals surface area contributed by atoms with Crippen LogP contribution in [0.1, 0.15) is 25.3 Å². The summed E-state index contributed by atoms with van der Waals surface area (Å²) in [4.78, 5) is 10.2. The van der Waals surface area contributed by atoms with Crippen molar-refractivity contribution in [3.8, 4) is 0 Å². The Morgan fingerprint density at radius 2 is 2.24 bits per heavy atom. The molecule has 2 N–H and O–H groups in total. The van der Waals surface area contributed by atoms with E-state index in [2.05, 4.69) is 10.0 Å². The van der Waals surface area contributed by atoms with Gasteiger partial charge in [0, 0.05) is 24.7 Å². The van der Waals surface area contributed by atoms with Gasteiger partial charge in [0.05, 0.1) is 9.82 Å². The molecule has 1 aromatic rings. The van der Waals surface area contributed by atoms with Gasteiger partial charge in [-0.05, 0) is 31.4 Å². The Bertz CT molecular complexity index is 624. The van der Waals surface area contributed by atoms with Gasteiger partial charge in [-0.2, -0.15) is 0 Å². The van der Waals surface area contributed by atoms with Crippen molar-refractivity contribution >= 4 is 15.7 Å². The lowest BCUT2D eigenvalue weighted by Crippen LogP contribution is -2.37. The van der Waals surface area contributed by atoms with Crippen LogP contribution in [0.15, 0.2) is 23.1 Å². The van der Waals surface area contributed by atoms with Gasteiger partial charge in [0.1, 0.15) is 0 Å². The van der Waals surface area contributed by atoms with E-state index < -0.39 is 14.9 Å². The summed E-state index contributed by atoms with van der Waals surface area (Å²) in [6.07, 6.45) is 2.46. The average molecular weight is 313 g/mol. The number of nitrogens with zero attached hydrogens (tertiary/aromatic N) is 1. The lowest BCUT2D eigenvalue weighted by atomic mass is 10.1. The minimum Gasteiger partial charge on any atom is -0.313 e. The van der Waals surface area contributed by atoms with E-state index in [0.717, 1.165) is 25.5 Å². The molecule has 0 amide bonds. The number of hydrogen-bond acceptors (Lipinski definition) is 5. The molecular formula is C13H19N3O4S. The zero-order valence-corrected chi connectivity index (χ0v) is 12.6. The van der Waals surface area contributed by atoms with Gasteiger partial charge in [-0.3, -0.25) is 10.1 Å². The maximum absolute atomic E-state index is 12.4. The van der Waals surface area contributed by atoms with E-state index >= 15 is 0 Å². The zero-order valence-electron chi connectivity index (χ0n) is 11.8. The molecule has 1 aliphatic rings. The Hall–Kier alpha value is -1.51. The van der Waals surface area contributed by atoms with Crippen LogP contribution < -0.4 is 10.0 Å². The summed E-state index contributed by atoms with van der Waals surface area (Å²) in [5.74, 6) is 0. The Morgan fingerprint density at radius 3 is 2.81 bits per heavy atom. The largest absolute Gasteiger partial charge is 0.313 e. The number of nitro groups is 1. The molecule has 1 fully saturated rings. The summed E-state index contributed by atoms with van der Waals surface area (Å²) in [7, 11) is -3.74. The van der Waals surface area contributed by atoms with Crippen molar-refractivity contribution in [2.24, 2.45) is 0 Å². The second-order valence-electron chi connectivity index (χ2n) is 5.05. The van der Waals surface area contributed by atoms with Gasteiger partial charge < -0.3 is 5.32 Å². The SMILES string of the molecule is CCc1ccc([N+](=O)[O-])cc1S(=O)(=O)NCC1CCCN1. The Balaban J connectivity index is 2.24. The third-order valence-corrected chi connectivity index (χ3v) is 5.12. The third-order valence-electron chi connectivity index (χ3n) is 3.61. The molecule has 0 bridgehead atoms. The summed E-state index contributed by atoms with van der Waals surface area (Å²) in [5, 5.41) is 14.0. The summed E-state index contributed by atoms with van der Waals surface area (Å²) < 4.78 is 27.3. The quantitative estimate of drug-likeness (QED) is 0.607. The molecule has 1 saturated heterocycles. The first-order valence-electron chi connectivity index (χ1n) is 6.94. The molecule has 0 aromatic heterocycles. The van der Waals surface area contributed by atoms with Crippen molar-refractivity contribution < 1.29 is 13.3 Å². The van der Waals surface area contributed by atoms with Crippen LogP contribution in [0.3, 0.4) is 0 Å². The van der Waals surface area contributed by atoms with E-state index in [4.69, 9.17) is 0 Å². The Kier molecular flexibility index (Phi) is 4.92. The molecule has 7 nitrogen and oxygen atoms in total. The van der Waals surface area contributed by atoms with Crippen LogP contribution >= 0.6 is 0 Å². The molecule has 116 valence electrons. The Morgan fingerprint density at radius 1 is 1.48 bits per heavy atom. The molecular weight excluding hydrogens is 294 g/mol. The van der Waals surface area contributed by atoms with Crippen molar-refractivity contribution in [3.05, 3.63) is 33.9 Å². The molecule has 1 heterocycles. The highest BCUT2D eigenvalue weighted by Gasteiger charge is 2.23. The molecule has 8 heteroatoms. The van der Waals surface area contributed by atoms with Gasteiger partial charge >= 0.3 is 0 Å². The number of non-ortho nitro benzene ring substituents is 1. The van der Waals surface area contributed by atoms with E-state index in [1.54, 1.807) is 0 Å². The summed E-state index contributed by atoms with van der Waals surface area (Å²) >= 11 is 0. The molecule has 1 unspecified atom stereocenters. The molecule has 0 spiro atoms. The van der Waals surface area contributed by atoms with Gasteiger partial charge in [0.15, 0.2) is 0 Å². The molecule has 0 aliphatic carbocycles. The van der Waals surface area contributed by atoms with Gasteiger partial charge in [0.2, 0.25) is 10.0 Å². The minimum atomic E-state index is -3.74. The summed E-state index contributed by atoms with van der Waals surface area (Å²) in [5.41, 5.74) is 0.360. The smallest absolute Gasteiger partial charge is 0.270 e. The second-order valence-corrected chi connectivity index (χ2v) is 6.78. The van der Waals surface area contributed by atoms with Crippen LogP contribution in [0.2, 0.25) is 0 Å². The number of nitrogens with one attached hydrogen (secondary N) is 2. The molecule has 1 atom stereocenters. The van der Waals surface area contributed by atoms with Crippen LogP contribution in [0, 0.1) is 10.1 Å². The number of sulfonamides is 1. The van der Waals surface area contributed by atoms with E-state index in [1.165, 1.54) is 12.1 Å². The maximum atomic E-state index is 12.4. The van der Waals surface area contributed by atoms with Gasteiger partial charge in [-0.15, -0.1) is 0 Å². The lowest BCUT2D eigenvalue weighted by Gasteiger charge is -2.14. The topological polar surface area (TPSA) is 101 Å². The van der Waals surface area contributed by atoms with E-state index in [-0.39, 0.29) is 16.6 Å². The molecule has 1 aliphatic heterocycles. The van der Waals surface area contributed by atoms with Crippen molar-refractivity contribution in [2.75, 3.05) is 13.1 Å². The third kappa shape index (κ3) is 3.78. The highest BCUT2D eigenvalue weighted by molar-refractivity contribution is 7.89. The first-order valence-corrected chi connectivity index (χ1v) is 8.42. The Labute approximate surface area is 123 Å². The lowest BCUT2D eigenvalue weighted by molar-refractivity contribution is -0.385. The summed E-state index contributed by atoms with van der Waals surface area (Å²) in [6.45, 7) is 3.01. The highest BCUT2D eigenvalue weighted by atomic mass is 32.2. The fraction of sp³-hybridized carbons (Fsp3) is 0.538. The van der Waals surface area contributed by atoms with Gasteiger partial charge in [-0.25, -0.2) is 13.1 Å². The van der Waals surface area contributed by atoms with Crippen molar-refractivity contribution in [2.45, 2.75) is 37.1 Å².